The molecular weight excluding hydrogens is 348 g/mol. The van der Waals surface area contributed by atoms with Gasteiger partial charge in [0.25, 0.3) is 0 Å². The Labute approximate surface area is 158 Å². The van der Waals surface area contributed by atoms with Gasteiger partial charge in [-0.2, -0.15) is 0 Å². The molecule has 0 aliphatic carbocycles. The molecule has 0 radical (unpaired) electrons. The number of ether oxygens (including phenoxy) is 2. The third kappa shape index (κ3) is 3.82. The van der Waals surface area contributed by atoms with E-state index in [0.29, 0.717) is 38.1 Å². The number of hydrogen-bond donors (Lipinski definition) is 1. The van der Waals surface area contributed by atoms with Crippen LogP contribution in [0.25, 0.3) is 0 Å². The van der Waals surface area contributed by atoms with Crippen LogP contribution in [0.3, 0.4) is 0 Å². The van der Waals surface area contributed by atoms with Gasteiger partial charge >= 0.3 is 5.97 Å². The van der Waals surface area contributed by atoms with Crippen molar-refractivity contribution in [3.63, 3.8) is 0 Å². The topological polar surface area (TPSA) is 84.9 Å². The quantitative estimate of drug-likeness (QED) is 0.631. The lowest BCUT2D eigenvalue weighted by Gasteiger charge is -2.38. The first kappa shape index (κ1) is 18.9. The Bertz CT molecular complexity index is 754. The van der Waals surface area contributed by atoms with E-state index in [2.05, 4.69) is 11.9 Å². The van der Waals surface area contributed by atoms with E-state index in [1.807, 2.05) is 24.3 Å². The number of carbonyl (C=O) groups is 3. The summed E-state index contributed by atoms with van der Waals surface area (Å²) in [4.78, 5) is 38.7. The fourth-order valence-electron chi connectivity index (χ4n) is 3.65. The minimum absolute atomic E-state index is 0.0240. The van der Waals surface area contributed by atoms with Gasteiger partial charge < -0.3 is 19.7 Å². The molecule has 3 rings (SSSR count). The lowest BCUT2D eigenvalue weighted by molar-refractivity contribution is -0.154. The number of likely N-dealkylation sites (tertiary alicyclic amines) is 1. The van der Waals surface area contributed by atoms with E-state index in [1.54, 1.807) is 4.90 Å². The molecule has 1 saturated heterocycles. The zero-order valence-corrected chi connectivity index (χ0v) is 15.4. The van der Waals surface area contributed by atoms with Gasteiger partial charge in [0.15, 0.2) is 5.54 Å². The lowest BCUT2D eigenvalue weighted by Crippen LogP contribution is -2.63. The van der Waals surface area contributed by atoms with Crippen LogP contribution < -0.4 is 10.1 Å². The number of hydrogen-bond acceptors (Lipinski definition) is 5. The van der Waals surface area contributed by atoms with Crippen LogP contribution in [0.2, 0.25) is 0 Å². The molecule has 1 atom stereocenters. The number of benzene rings is 1. The molecular formula is C20H24N2O5. The molecule has 0 bridgehead atoms. The summed E-state index contributed by atoms with van der Waals surface area (Å²) < 4.78 is 10.7. The molecule has 1 N–H and O–H groups in total. The van der Waals surface area contributed by atoms with Crippen LogP contribution in [-0.4, -0.2) is 55.0 Å². The Kier molecular flexibility index (Phi) is 5.48. The first-order valence-corrected chi connectivity index (χ1v) is 9.01. The maximum atomic E-state index is 12.9. The van der Waals surface area contributed by atoms with Crippen molar-refractivity contribution >= 4 is 17.8 Å². The maximum Gasteiger partial charge on any atom is 0.335 e. The second kappa shape index (κ2) is 7.82. The number of piperidine rings is 1. The number of esters is 1. The van der Waals surface area contributed by atoms with Gasteiger partial charge in [-0.3, -0.25) is 9.59 Å². The van der Waals surface area contributed by atoms with E-state index in [-0.39, 0.29) is 24.3 Å². The van der Waals surface area contributed by atoms with Crippen molar-refractivity contribution in [1.82, 2.24) is 10.2 Å². The zero-order valence-electron chi connectivity index (χ0n) is 15.4. The van der Waals surface area contributed by atoms with Gasteiger partial charge in [-0.05, 0) is 30.5 Å². The SMILES string of the molecule is C=CC(=O)N1CCC(C(=O)NC2(C(=O)OC)COc3ccccc3C2)CC1. The number of nitrogens with one attached hydrogen (secondary N) is 1. The predicted octanol–water partition coefficient (Wildman–Crippen LogP) is 1.07. The Morgan fingerprint density at radius 3 is 2.67 bits per heavy atom. The van der Waals surface area contributed by atoms with Crippen molar-refractivity contribution in [1.29, 1.82) is 0 Å². The Balaban J connectivity index is 1.71. The number of fused-ring (bicyclic) bond motifs is 1. The van der Waals surface area contributed by atoms with Crippen molar-refractivity contribution in [2.45, 2.75) is 24.8 Å². The third-order valence-corrected chi connectivity index (χ3v) is 5.23. The summed E-state index contributed by atoms with van der Waals surface area (Å²) in [6.07, 6.45) is 2.68. The second-order valence-electron chi connectivity index (χ2n) is 6.94. The zero-order chi connectivity index (χ0) is 19.4. The smallest absolute Gasteiger partial charge is 0.335 e. The molecule has 7 heteroatoms. The van der Waals surface area contributed by atoms with Gasteiger partial charge in [0.05, 0.1) is 7.11 Å². The maximum absolute atomic E-state index is 12.9. The number of nitrogens with zero attached hydrogens (tertiary/aromatic N) is 1. The van der Waals surface area contributed by atoms with Crippen LogP contribution in [-0.2, 0) is 25.5 Å². The highest BCUT2D eigenvalue weighted by Crippen LogP contribution is 2.31. The van der Waals surface area contributed by atoms with Crippen LogP contribution in [0.1, 0.15) is 18.4 Å². The molecule has 144 valence electrons. The van der Waals surface area contributed by atoms with Crippen molar-refractivity contribution in [3.8, 4) is 5.75 Å². The van der Waals surface area contributed by atoms with E-state index in [4.69, 9.17) is 9.47 Å². The average molecular weight is 372 g/mol. The number of carbonyl (C=O) groups excluding carboxylic acids is 3. The van der Waals surface area contributed by atoms with Gasteiger partial charge in [0.1, 0.15) is 12.4 Å². The molecule has 0 spiro atoms. The summed E-state index contributed by atoms with van der Waals surface area (Å²) in [5.74, 6) is -0.420. The lowest BCUT2D eigenvalue weighted by atomic mass is 9.87. The van der Waals surface area contributed by atoms with E-state index in [0.717, 1.165) is 5.56 Å². The summed E-state index contributed by atoms with van der Waals surface area (Å²) in [6.45, 7) is 4.50. The minimum atomic E-state index is -1.24. The molecule has 7 nitrogen and oxygen atoms in total. The molecule has 0 aromatic heterocycles. The predicted molar refractivity (Wildman–Crippen MR) is 98.0 cm³/mol. The molecule has 2 aliphatic heterocycles. The molecule has 1 unspecified atom stereocenters. The van der Waals surface area contributed by atoms with Crippen LogP contribution in [0.15, 0.2) is 36.9 Å². The number of rotatable bonds is 4. The van der Waals surface area contributed by atoms with Gasteiger partial charge in [-0.15, -0.1) is 0 Å². The molecule has 1 fully saturated rings. The van der Waals surface area contributed by atoms with Gasteiger partial charge in [-0.1, -0.05) is 24.8 Å². The monoisotopic (exact) mass is 372 g/mol. The van der Waals surface area contributed by atoms with E-state index < -0.39 is 11.5 Å². The highest BCUT2D eigenvalue weighted by Gasteiger charge is 2.46. The standard InChI is InChI=1S/C20H24N2O5/c1-3-17(23)22-10-8-14(9-11-22)18(24)21-20(19(25)26-2)12-15-6-4-5-7-16(15)27-13-20/h3-7,14H,1,8-13H2,2H3,(H,21,24). The number of methoxy groups -OCH3 is 1. The van der Waals surface area contributed by atoms with Crippen molar-refractivity contribution in [2.75, 3.05) is 26.8 Å². The van der Waals surface area contributed by atoms with Crippen LogP contribution >= 0.6 is 0 Å². The largest absolute Gasteiger partial charge is 0.490 e. The second-order valence-corrected chi connectivity index (χ2v) is 6.94. The van der Waals surface area contributed by atoms with E-state index >= 15 is 0 Å². The van der Waals surface area contributed by atoms with Crippen molar-refractivity contribution in [3.05, 3.63) is 42.5 Å². The molecule has 1 aromatic rings. The highest BCUT2D eigenvalue weighted by molar-refractivity contribution is 5.90. The van der Waals surface area contributed by atoms with Gasteiger partial charge in [0.2, 0.25) is 11.8 Å². The van der Waals surface area contributed by atoms with Gasteiger partial charge in [-0.25, -0.2) is 4.79 Å². The fraction of sp³-hybridized carbons (Fsp3) is 0.450. The summed E-state index contributed by atoms with van der Waals surface area (Å²) in [5, 5.41) is 2.89. The number of para-hydroxylation sites is 1. The minimum Gasteiger partial charge on any atom is -0.490 e. The fourth-order valence-corrected chi connectivity index (χ4v) is 3.65. The first-order valence-electron chi connectivity index (χ1n) is 9.01. The molecule has 2 amide bonds. The highest BCUT2D eigenvalue weighted by atomic mass is 16.5. The van der Waals surface area contributed by atoms with Crippen LogP contribution in [0.5, 0.6) is 5.75 Å². The molecule has 2 heterocycles. The summed E-state index contributed by atoms with van der Waals surface area (Å²) in [7, 11) is 1.30. The Morgan fingerprint density at radius 2 is 2.00 bits per heavy atom. The van der Waals surface area contributed by atoms with Gasteiger partial charge in [0, 0.05) is 25.4 Å². The first-order chi connectivity index (χ1) is 13.0. The average Bonchev–Trinajstić information content (AvgIpc) is 2.72. The summed E-state index contributed by atoms with van der Waals surface area (Å²) in [5.41, 5.74) is -0.394. The van der Waals surface area contributed by atoms with Crippen LogP contribution in [0, 0.1) is 5.92 Å². The molecule has 0 saturated carbocycles. The van der Waals surface area contributed by atoms with E-state index in [1.165, 1.54) is 13.2 Å². The van der Waals surface area contributed by atoms with Crippen molar-refractivity contribution in [2.24, 2.45) is 5.92 Å². The van der Waals surface area contributed by atoms with Crippen molar-refractivity contribution < 1.29 is 23.9 Å². The molecule has 27 heavy (non-hydrogen) atoms. The summed E-state index contributed by atoms with van der Waals surface area (Å²) in [6, 6.07) is 7.44. The van der Waals surface area contributed by atoms with Crippen LogP contribution in [0.4, 0.5) is 0 Å². The Morgan fingerprint density at radius 1 is 1.30 bits per heavy atom. The Hall–Kier alpha value is -2.83. The molecule has 2 aliphatic rings. The van der Waals surface area contributed by atoms with E-state index in [9.17, 15) is 14.4 Å². The molecule has 1 aromatic carbocycles. The normalized spacial score (nSPS) is 22.2. The number of amides is 2. The third-order valence-electron chi connectivity index (χ3n) is 5.23. The summed E-state index contributed by atoms with van der Waals surface area (Å²) >= 11 is 0.